The molecule has 2 bridgehead atoms. The minimum Gasteiger partial charge on any atom is -0.432 e. The van der Waals surface area contributed by atoms with Crippen molar-refractivity contribution >= 4 is 19.5 Å². The molecule has 3 aliphatic rings. The van der Waals surface area contributed by atoms with Crippen molar-refractivity contribution in [3.05, 3.63) is 0 Å². The van der Waals surface area contributed by atoms with E-state index in [1.54, 1.807) is 0 Å². The molecule has 0 radical (unpaired) electrons. The normalized spacial score (nSPS) is 43.7. The zero-order chi connectivity index (χ0) is 11.0. The first kappa shape index (κ1) is 11.5. The predicted octanol–water partition coefficient (Wildman–Crippen LogP) is 3.95. The molecule has 2 heterocycles. The number of thiol groups is 1. The van der Waals surface area contributed by atoms with E-state index < -0.39 is 0 Å². The monoisotopic (exact) mass is 238 g/mol. The third-order valence-corrected chi connectivity index (χ3v) is 5.57. The molecule has 1 aliphatic carbocycles. The van der Waals surface area contributed by atoms with Gasteiger partial charge in [-0.15, -0.1) is 0 Å². The predicted molar refractivity (Wildman–Crippen MR) is 72.5 cm³/mol. The maximum atomic E-state index is 6.46. The largest absolute Gasteiger partial charge is 0.432 e. The molecule has 90 valence electrons. The van der Waals surface area contributed by atoms with Crippen molar-refractivity contribution in [3.63, 3.8) is 0 Å². The lowest BCUT2D eigenvalue weighted by Crippen LogP contribution is -2.41. The Morgan fingerprint density at radius 1 is 0.812 bits per heavy atom. The van der Waals surface area contributed by atoms with Gasteiger partial charge in [-0.05, 0) is 30.9 Å². The Balaban J connectivity index is 1.64. The second-order valence-electron chi connectivity index (χ2n) is 6.02. The van der Waals surface area contributed by atoms with Gasteiger partial charge in [-0.2, -0.15) is 12.6 Å². The van der Waals surface area contributed by atoms with Crippen LogP contribution in [0.3, 0.4) is 0 Å². The van der Waals surface area contributed by atoms with E-state index in [2.05, 4.69) is 12.6 Å². The van der Waals surface area contributed by atoms with Gasteiger partial charge in [0.15, 0.2) is 0 Å². The summed E-state index contributed by atoms with van der Waals surface area (Å²) in [7, 11) is 0. The Kier molecular flexibility index (Phi) is 3.54. The number of hydrogen-bond acceptors (Lipinski definition) is 2. The first-order valence-electron chi connectivity index (χ1n) is 7.18. The summed E-state index contributed by atoms with van der Waals surface area (Å²) in [5.74, 6) is 1.77. The smallest absolute Gasteiger partial charge is 0.299 e. The summed E-state index contributed by atoms with van der Waals surface area (Å²) in [4.78, 5) is 0. The highest BCUT2D eigenvalue weighted by molar-refractivity contribution is 7.81. The second-order valence-corrected chi connectivity index (χ2v) is 6.68. The van der Waals surface area contributed by atoms with E-state index in [9.17, 15) is 0 Å². The molecule has 0 amide bonds. The van der Waals surface area contributed by atoms with Crippen molar-refractivity contribution in [1.29, 1.82) is 0 Å². The molecule has 2 unspecified atom stereocenters. The van der Waals surface area contributed by atoms with E-state index in [0.717, 1.165) is 11.6 Å². The van der Waals surface area contributed by atoms with Crippen molar-refractivity contribution in [1.82, 2.24) is 0 Å². The Morgan fingerprint density at radius 2 is 1.38 bits per heavy atom. The Bertz CT molecular complexity index is 226. The summed E-state index contributed by atoms with van der Waals surface area (Å²) < 4.78 is 6.46. The quantitative estimate of drug-likeness (QED) is 0.566. The average Bonchev–Trinajstić information content (AvgIpc) is 2.64. The van der Waals surface area contributed by atoms with Crippen molar-refractivity contribution in [2.45, 2.75) is 80.8 Å². The topological polar surface area (TPSA) is 9.23 Å². The van der Waals surface area contributed by atoms with Crippen LogP contribution >= 0.6 is 12.6 Å². The molecule has 2 saturated heterocycles. The van der Waals surface area contributed by atoms with Gasteiger partial charge < -0.3 is 4.65 Å². The third-order valence-electron chi connectivity index (χ3n) is 4.98. The van der Waals surface area contributed by atoms with Crippen LogP contribution in [-0.2, 0) is 4.65 Å². The van der Waals surface area contributed by atoms with Gasteiger partial charge in [0.05, 0.1) is 6.10 Å². The molecule has 0 N–H and O–H groups in total. The van der Waals surface area contributed by atoms with Gasteiger partial charge in [0.2, 0.25) is 0 Å². The summed E-state index contributed by atoms with van der Waals surface area (Å²) in [6.45, 7) is 0.597. The van der Waals surface area contributed by atoms with Crippen LogP contribution < -0.4 is 0 Å². The van der Waals surface area contributed by atoms with Crippen LogP contribution in [0.25, 0.3) is 0 Å². The van der Waals surface area contributed by atoms with E-state index >= 15 is 0 Å². The molecule has 1 saturated carbocycles. The number of fused-ring (bicyclic) bond motifs is 2. The van der Waals surface area contributed by atoms with E-state index in [0.29, 0.717) is 18.3 Å². The third kappa shape index (κ3) is 2.18. The molecular weight excluding hydrogens is 215 g/mol. The van der Waals surface area contributed by atoms with Gasteiger partial charge >= 0.3 is 0 Å². The van der Waals surface area contributed by atoms with Gasteiger partial charge in [0, 0.05) is 5.25 Å². The number of hydrogen-bond donors (Lipinski definition) is 1. The molecule has 16 heavy (non-hydrogen) atoms. The highest BCUT2D eigenvalue weighted by Crippen LogP contribution is 2.47. The second kappa shape index (κ2) is 4.93. The zero-order valence-corrected chi connectivity index (χ0v) is 11.0. The van der Waals surface area contributed by atoms with Crippen molar-refractivity contribution < 1.29 is 4.65 Å². The first-order chi connectivity index (χ1) is 7.84. The molecule has 3 fully saturated rings. The Labute approximate surface area is 105 Å². The fourth-order valence-electron chi connectivity index (χ4n) is 4.10. The van der Waals surface area contributed by atoms with Crippen LogP contribution in [0.2, 0.25) is 11.6 Å². The highest BCUT2D eigenvalue weighted by atomic mass is 32.1. The fraction of sp³-hybridized carbons (Fsp3) is 1.00. The SMILES string of the molecule is SC1CCCC1OB1C2CCCC1CCC2. The minimum atomic E-state index is 0.467. The van der Waals surface area contributed by atoms with Crippen LogP contribution in [0.4, 0.5) is 0 Å². The molecule has 2 aliphatic heterocycles. The molecule has 2 atom stereocenters. The zero-order valence-electron chi connectivity index (χ0n) is 10.1. The van der Waals surface area contributed by atoms with E-state index in [1.807, 2.05) is 0 Å². The van der Waals surface area contributed by atoms with Gasteiger partial charge in [-0.3, -0.25) is 0 Å². The molecule has 3 heteroatoms. The summed E-state index contributed by atoms with van der Waals surface area (Å²) in [5, 5.41) is 0.516. The van der Waals surface area contributed by atoms with Crippen LogP contribution in [-0.4, -0.2) is 18.3 Å². The van der Waals surface area contributed by atoms with Crippen molar-refractivity contribution in [2.24, 2.45) is 0 Å². The molecule has 0 aromatic heterocycles. The minimum absolute atomic E-state index is 0.467. The molecule has 3 rings (SSSR count). The summed E-state index contributed by atoms with van der Waals surface area (Å²) >= 11 is 4.67. The molecule has 0 aromatic carbocycles. The maximum absolute atomic E-state index is 6.46. The van der Waals surface area contributed by atoms with Crippen molar-refractivity contribution in [3.8, 4) is 0 Å². The maximum Gasteiger partial charge on any atom is 0.299 e. The summed E-state index contributed by atoms with van der Waals surface area (Å²) in [6, 6.07) is 0. The van der Waals surface area contributed by atoms with Crippen molar-refractivity contribution in [2.75, 3.05) is 0 Å². The van der Waals surface area contributed by atoms with Crippen LogP contribution in [0.15, 0.2) is 0 Å². The van der Waals surface area contributed by atoms with Crippen LogP contribution in [0, 0.1) is 0 Å². The molecule has 0 aromatic rings. The average molecular weight is 238 g/mol. The molecule has 1 nitrogen and oxygen atoms in total. The number of rotatable bonds is 2. The molecular formula is C13H23BOS. The summed E-state index contributed by atoms with van der Waals surface area (Å²) in [5.41, 5.74) is 0. The van der Waals surface area contributed by atoms with Gasteiger partial charge in [-0.1, -0.05) is 38.5 Å². The standard InChI is InChI=1S/C13H23BOS/c16-13-9-3-8-12(13)15-14-10-4-1-5-11(14)7-2-6-10/h10-13,16H,1-9H2. The van der Waals surface area contributed by atoms with Gasteiger partial charge in [-0.25, -0.2) is 0 Å². The van der Waals surface area contributed by atoms with Gasteiger partial charge in [0.25, 0.3) is 6.92 Å². The first-order valence-corrected chi connectivity index (χ1v) is 7.70. The lowest BCUT2D eigenvalue weighted by molar-refractivity contribution is 0.187. The van der Waals surface area contributed by atoms with Gasteiger partial charge in [0.1, 0.15) is 0 Å². The van der Waals surface area contributed by atoms with E-state index in [4.69, 9.17) is 4.65 Å². The Morgan fingerprint density at radius 3 is 1.88 bits per heavy atom. The molecule has 0 spiro atoms. The lowest BCUT2D eigenvalue weighted by Gasteiger charge is -2.41. The Hall–Kier alpha value is 0.375. The van der Waals surface area contributed by atoms with Crippen LogP contribution in [0.5, 0.6) is 0 Å². The lowest BCUT2D eigenvalue weighted by atomic mass is 9.38. The summed E-state index contributed by atoms with van der Waals surface area (Å²) in [6.07, 6.45) is 12.9. The highest BCUT2D eigenvalue weighted by Gasteiger charge is 2.43. The van der Waals surface area contributed by atoms with Crippen LogP contribution in [0.1, 0.15) is 57.8 Å². The van der Waals surface area contributed by atoms with E-state index in [-0.39, 0.29) is 0 Å². The fourth-order valence-corrected chi connectivity index (χ4v) is 4.51. The van der Waals surface area contributed by atoms with E-state index in [1.165, 1.54) is 57.8 Å².